The summed E-state index contributed by atoms with van der Waals surface area (Å²) in [4.78, 5) is 24.1. The van der Waals surface area contributed by atoms with Crippen LogP contribution in [0.5, 0.6) is 0 Å². The molecule has 3 aliphatic rings. The molecule has 0 radical (unpaired) electrons. The van der Waals surface area contributed by atoms with Gasteiger partial charge in [-0.05, 0) is 51.2 Å². The summed E-state index contributed by atoms with van der Waals surface area (Å²) in [5.74, 6) is 1.45. The van der Waals surface area contributed by atoms with E-state index in [1.165, 1.54) is 24.2 Å². The number of sulfonamides is 1. The molecule has 1 N–H and O–H groups in total. The molecule has 2 aliphatic heterocycles. The third-order valence-corrected chi connectivity index (χ3v) is 7.88. The van der Waals surface area contributed by atoms with Gasteiger partial charge < -0.3 is 9.47 Å². The van der Waals surface area contributed by atoms with Crippen molar-refractivity contribution in [3.63, 3.8) is 0 Å². The summed E-state index contributed by atoms with van der Waals surface area (Å²) in [5, 5.41) is 0. The summed E-state index contributed by atoms with van der Waals surface area (Å²) in [6.45, 7) is 3.77. The molecular formula is C22H27N5O3S. The van der Waals surface area contributed by atoms with Gasteiger partial charge in [-0.3, -0.25) is 14.5 Å². The predicted octanol–water partition coefficient (Wildman–Crippen LogP) is 1.97. The van der Waals surface area contributed by atoms with Crippen molar-refractivity contribution in [2.75, 3.05) is 19.6 Å². The second kappa shape index (κ2) is 7.78. The Balaban J connectivity index is 1.22. The number of aliphatic imine (C=N–C) groups is 1. The lowest BCUT2D eigenvalue weighted by atomic mass is 10.0. The van der Waals surface area contributed by atoms with Crippen LogP contribution in [0.1, 0.15) is 54.5 Å². The molecule has 3 heterocycles. The standard InChI is InChI=1S/C22H27N5O3S/c1-15-24-18-7-3-4-8-19(18)27(15)16-11-13-26(14-16)21(28)10-12-23-22-17-6-2-5-9-20(17)31(29,30)25-22/h2,5-6,9,16H,3-4,7-8,10-14H2,1H3,(H,23,25)/t16-/m1/s1. The molecule has 164 valence electrons. The van der Waals surface area contributed by atoms with Gasteiger partial charge in [-0.2, -0.15) is 0 Å². The van der Waals surface area contributed by atoms with Gasteiger partial charge in [-0.1, -0.05) is 12.1 Å². The quantitative estimate of drug-likeness (QED) is 0.785. The van der Waals surface area contributed by atoms with Crippen LogP contribution in [0.4, 0.5) is 0 Å². The number of carbonyl (C=O) groups excluding carboxylic acids is 1. The summed E-state index contributed by atoms with van der Waals surface area (Å²) in [6.07, 6.45) is 5.77. The maximum Gasteiger partial charge on any atom is 0.263 e. The summed E-state index contributed by atoms with van der Waals surface area (Å²) < 4.78 is 29.2. The molecular weight excluding hydrogens is 414 g/mol. The maximum atomic E-state index is 12.8. The molecule has 0 unspecified atom stereocenters. The van der Waals surface area contributed by atoms with E-state index >= 15 is 0 Å². The van der Waals surface area contributed by atoms with Crippen molar-refractivity contribution in [2.45, 2.75) is 56.4 Å². The number of hydrogen-bond donors (Lipinski definition) is 1. The molecule has 1 atom stereocenters. The smallest absolute Gasteiger partial charge is 0.263 e. The lowest BCUT2D eigenvalue weighted by Crippen LogP contribution is -2.30. The van der Waals surface area contributed by atoms with Crippen LogP contribution in [-0.2, 0) is 27.7 Å². The third kappa shape index (κ3) is 3.64. The summed E-state index contributed by atoms with van der Waals surface area (Å²) >= 11 is 0. The van der Waals surface area contributed by atoms with Crippen molar-refractivity contribution in [1.29, 1.82) is 0 Å². The van der Waals surface area contributed by atoms with Gasteiger partial charge in [-0.25, -0.2) is 13.4 Å². The Kier molecular flexibility index (Phi) is 5.08. The maximum absolute atomic E-state index is 12.8. The van der Waals surface area contributed by atoms with E-state index in [0.29, 0.717) is 17.9 Å². The molecule has 1 aliphatic carbocycles. The number of likely N-dealkylation sites (tertiary alicyclic amines) is 1. The van der Waals surface area contributed by atoms with Gasteiger partial charge in [0.25, 0.3) is 10.0 Å². The van der Waals surface area contributed by atoms with Crippen LogP contribution in [0.25, 0.3) is 0 Å². The number of rotatable bonds is 4. The van der Waals surface area contributed by atoms with Crippen LogP contribution < -0.4 is 4.72 Å². The van der Waals surface area contributed by atoms with Crippen molar-refractivity contribution < 1.29 is 13.2 Å². The van der Waals surface area contributed by atoms with Crippen molar-refractivity contribution in [3.8, 4) is 0 Å². The number of hydrogen-bond acceptors (Lipinski definition) is 5. The largest absolute Gasteiger partial charge is 0.340 e. The van der Waals surface area contributed by atoms with Crippen LogP contribution in [0, 0.1) is 6.92 Å². The highest BCUT2D eigenvalue weighted by Gasteiger charge is 2.32. The average Bonchev–Trinajstić information content (AvgIpc) is 3.42. The van der Waals surface area contributed by atoms with E-state index in [4.69, 9.17) is 4.98 Å². The van der Waals surface area contributed by atoms with E-state index in [1.807, 2.05) is 4.90 Å². The first-order valence-corrected chi connectivity index (χ1v) is 12.4. The fraction of sp³-hybridized carbons (Fsp3) is 0.500. The van der Waals surface area contributed by atoms with Crippen LogP contribution in [0.15, 0.2) is 34.2 Å². The number of aromatic nitrogens is 2. The van der Waals surface area contributed by atoms with Gasteiger partial charge in [0.1, 0.15) is 11.7 Å². The van der Waals surface area contributed by atoms with E-state index < -0.39 is 10.0 Å². The highest BCUT2D eigenvalue weighted by Crippen LogP contribution is 2.30. The minimum Gasteiger partial charge on any atom is -0.340 e. The number of nitrogens with zero attached hydrogens (tertiary/aromatic N) is 4. The van der Waals surface area contributed by atoms with Gasteiger partial charge in [-0.15, -0.1) is 0 Å². The third-order valence-electron chi connectivity index (χ3n) is 6.49. The van der Waals surface area contributed by atoms with Gasteiger partial charge in [0, 0.05) is 30.8 Å². The molecule has 1 saturated heterocycles. The van der Waals surface area contributed by atoms with Crippen LogP contribution in [-0.4, -0.2) is 54.2 Å². The van der Waals surface area contributed by atoms with Gasteiger partial charge >= 0.3 is 0 Å². The monoisotopic (exact) mass is 441 g/mol. The fourth-order valence-corrected chi connectivity index (χ4v) is 6.29. The first kappa shape index (κ1) is 20.2. The van der Waals surface area contributed by atoms with Gasteiger partial charge in [0.2, 0.25) is 5.91 Å². The van der Waals surface area contributed by atoms with Crippen LogP contribution in [0.3, 0.4) is 0 Å². The number of nitrogens with one attached hydrogen (secondary N) is 1. The average molecular weight is 442 g/mol. The molecule has 1 aromatic heterocycles. The number of fused-ring (bicyclic) bond motifs is 2. The summed E-state index contributed by atoms with van der Waals surface area (Å²) in [5.41, 5.74) is 3.17. The summed E-state index contributed by atoms with van der Waals surface area (Å²) in [7, 11) is -3.55. The first-order valence-electron chi connectivity index (χ1n) is 10.9. The lowest BCUT2D eigenvalue weighted by molar-refractivity contribution is -0.130. The Labute approximate surface area is 182 Å². The summed E-state index contributed by atoms with van der Waals surface area (Å²) in [6, 6.07) is 7.05. The molecule has 1 fully saturated rings. The highest BCUT2D eigenvalue weighted by molar-refractivity contribution is 7.90. The molecule has 0 spiro atoms. The first-order chi connectivity index (χ1) is 14.9. The number of imidazole rings is 1. The van der Waals surface area contributed by atoms with E-state index in [0.717, 1.165) is 31.6 Å². The topological polar surface area (TPSA) is 96.7 Å². The van der Waals surface area contributed by atoms with Gasteiger partial charge in [0.15, 0.2) is 0 Å². The van der Waals surface area contributed by atoms with Crippen LogP contribution in [0.2, 0.25) is 0 Å². The molecule has 9 heteroatoms. The van der Waals surface area contributed by atoms with E-state index in [9.17, 15) is 13.2 Å². The molecule has 5 rings (SSSR count). The molecule has 0 bridgehead atoms. The Hall–Kier alpha value is -2.68. The van der Waals surface area contributed by atoms with Crippen molar-refractivity contribution in [2.24, 2.45) is 4.99 Å². The van der Waals surface area contributed by atoms with Crippen LogP contribution >= 0.6 is 0 Å². The second-order valence-corrected chi connectivity index (χ2v) is 10.1. The molecule has 8 nitrogen and oxygen atoms in total. The minimum absolute atomic E-state index is 0.0626. The molecule has 2 aromatic rings. The Bertz CT molecular complexity index is 1170. The molecule has 1 amide bonds. The molecule has 1 aromatic carbocycles. The SMILES string of the molecule is Cc1nc2c(n1[C@@H]1CCN(C(=O)CCN=C3NS(=O)(=O)c4ccccc43)C1)CCCC2. The minimum atomic E-state index is -3.55. The number of benzene rings is 1. The fourth-order valence-electron chi connectivity index (χ4n) is 5.03. The number of aryl methyl sites for hydroxylation is 2. The number of amidine groups is 1. The van der Waals surface area contributed by atoms with Gasteiger partial charge in [0.05, 0.1) is 23.2 Å². The second-order valence-electron chi connectivity index (χ2n) is 8.49. The zero-order chi connectivity index (χ0) is 21.6. The van der Waals surface area contributed by atoms with E-state index in [2.05, 4.69) is 21.2 Å². The number of amides is 1. The normalized spacial score (nSPS) is 22.9. The van der Waals surface area contributed by atoms with E-state index in [1.54, 1.807) is 24.3 Å². The highest BCUT2D eigenvalue weighted by atomic mass is 32.2. The molecule has 31 heavy (non-hydrogen) atoms. The Morgan fingerprint density at radius 2 is 2.06 bits per heavy atom. The zero-order valence-electron chi connectivity index (χ0n) is 17.7. The Morgan fingerprint density at radius 1 is 1.26 bits per heavy atom. The van der Waals surface area contributed by atoms with E-state index in [-0.39, 0.29) is 29.8 Å². The van der Waals surface area contributed by atoms with Crippen molar-refractivity contribution in [3.05, 3.63) is 47.0 Å². The van der Waals surface area contributed by atoms with Crippen molar-refractivity contribution >= 4 is 21.8 Å². The van der Waals surface area contributed by atoms with Crippen molar-refractivity contribution in [1.82, 2.24) is 19.2 Å². The molecule has 0 saturated carbocycles. The lowest BCUT2D eigenvalue weighted by Gasteiger charge is -2.21. The number of carbonyl (C=O) groups is 1. The Morgan fingerprint density at radius 3 is 2.94 bits per heavy atom. The zero-order valence-corrected chi connectivity index (χ0v) is 18.5. The predicted molar refractivity (Wildman–Crippen MR) is 117 cm³/mol.